The van der Waals surface area contributed by atoms with E-state index in [1.807, 2.05) is 0 Å². The van der Waals surface area contributed by atoms with Crippen LogP contribution in [0.25, 0.3) is 5.57 Å². The van der Waals surface area contributed by atoms with Crippen LogP contribution in [0.1, 0.15) is 85.8 Å². The van der Waals surface area contributed by atoms with Gasteiger partial charge in [0.15, 0.2) is 23.3 Å². The van der Waals surface area contributed by atoms with Crippen molar-refractivity contribution in [2.45, 2.75) is 24.7 Å². The lowest BCUT2D eigenvalue weighted by atomic mass is 9.64. The van der Waals surface area contributed by atoms with Crippen molar-refractivity contribution in [3.8, 4) is 0 Å². The number of carboxylic acids is 6. The van der Waals surface area contributed by atoms with Gasteiger partial charge in [0.25, 0.3) is 0 Å². The zero-order chi connectivity index (χ0) is 41.9. The van der Waals surface area contributed by atoms with Crippen LogP contribution in [0.15, 0.2) is 23.8 Å². The average Bonchev–Trinajstić information content (AvgIpc) is 3.00. The van der Waals surface area contributed by atoms with Crippen molar-refractivity contribution in [1.82, 2.24) is 0 Å². The Morgan fingerprint density at radius 2 is 0.778 bits per heavy atom. The summed E-state index contributed by atoms with van der Waals surface area (Å²) in [4.78, 5) is 70.7. The van der Waals surface area contributed by atoms with Crippen LogP contribution in [0, 0.1) is 34.9 Å². The van der Waals surface area contributed by atoms with Gasteiger partial charge in [0.1, 0.15) is 39.5 Å². The van der Waals surface area contributed by atoms with Gasteiger partial charge in [-0.05, 0) is 30.2 Å². The Hall–Kier alpha value is -6.62. The molecule has 0 aromatic heterocycles. The molecule has 0 aliphatic heterocycles. The summed E-state index contributed by atoms with van der Waals surface area (Å²) in [6, 6.07) is -0.783. The molecule has 0 heterocycles. The summed E-state index contributed by atoms with van der Waals surface area (Å²) in [5, 5.41) is 56.4. The van der Waals surface area contributed by atoms with E-state index in [9.17, 15) is 85.7 Å². The van der Waals surface area contributed by atoms with E-state index in [1.165, 1.54) is 0 Å². The maximum absolute atomic E-state index is 16.3. The van der Waals surface area contributed by atoms with Gasteiger partial charge in [-0.1, -0.05) is 6.07 Å². The van der Waals surface area contributed by atoms with Crippen molar-refractivity contribution in [2.24, 2.45) is 0 Å². The Morgan fingerprint density at radius 1 is 0.463 bits per heavy atom. The molecular formula is C30H12F12O12. The molecule has 54 heavy (non-hydrogen) atoms. The third kappa shape index (κ3) is 6.60. The van der Waals surface area contributed by atoms with E-state index in [2.05, 4.69) is 0 Å². The topological polar surface area (TPSA) is 224 Å². The van der Waals surface area contributed by atoms with Crippen LogP contribution in [-0.4, -0.2) is 78.8 Å². The van der Waals surface area contributed by atoms with Crippen LogP contribution in [0.3, 0.4) is 0 Å². The Morgan fingerprint density at radius 3 is 1.06 bits per heavy atom. The Kier molecular flexibility index (Phi) is 10.6. The molecule has 0 saturated heterocycles. The molecule has 12 nitrogen and oxygen atoms in total. The molecule has 0 aliphatic carbocycles. The summed E-state index contributed by atoms with van der Waals surface area (Å²) < 4.78 is 184. The normalized spacial score (nSPS) is 11.9. The first kappa shape index (κ1) is 41.8. The average molecular weight is 792 g/mol. The number of allylic oxidation sites excluding steroid dienone is 2. The number of rotatable bonds is 10. The molecule has 0 unspecified atom stereocenters. The molecule has 0 radical (unpaired) electrons. The van der Waals surface area contributed by atoms with Crippen molar-refractivity contribution < 1.29 is 112 Å². The van der Waals surface area contributed by atoms with E-state index < -0.39 is 163 Å². The van der Waals surface area contributed by atoms with E-state index in [0.29, 0.717) is 0 Å². The number of carboxylic acid groups (broad SMARTS) is 6. The summed E-state index contributed by atoms with van der Waals surface area (Å²) in [6.45, 7) is -0.578. The quantitative estimate of drug-likeness (QED) is 0.0945. The molecule has 24 heteroatoms. The van der Waals surface area contributed by atoms with Gasteiger partial charge in [-0.25, -0.2) is 55.1 Å². The summed E-state index contributed by atoms with van der Waals surface area (Å²) >= 11 is 0. The van der Waals surface area contributed by atoms with Crippen molar-refractivity contribution in [3.05, 3.63) is 109 Å². The molecule has 3 aromatic carbocycles. The third-order valence-electron chi connectivity index (χ3n) is 7.58. The number of hydrogen-bond acceptors (Lipinski definition) is 6. The van der Waals surface area contributed by atoms with Gasteiger partial charge in [0, 0.05) is 11.1 Å². The lowest BCUT2D eigenvalue weighted by Crippen LogP contribution is -2.39. The van der Waals surface area contributed by atoms with Crippen LogP contribution in [-0.2, 0) is 5.41 Å². The van der Waals surface area contributed by atoms with Gasteiger partial charge in [0.05, 0.1) is 16.5 Å². The molecule has 0 fully saturated rings. The number of aromatic carboxylic acids is 6. The van der Waals surface area contributed by atoms with Gasteiger partial charge in [-0.3, -0.25) is 0 Å². The van der Waals surface area contributed by atoms with E-state index in [-0.39, 0.29) is 12.1 Å². The van der Waals surface area contributed by atoms with E-state index >= 15 is 26.3 Å². The van der Waals surface area contributed by atoms with Crippen molar-refractivity contribution in [3.63, 3.8) is 0 Å². The Labute approximate surface area is 287 Å². The summed E-state index contributed by atoms with van der Waals surface area (Å²) in [5.74, 6) is -36.4. The Bertz CT molecular complexity index is 2150. The molecule has 0 atom stereocenters. The SMILES string of the molecule is CC(C(=C(C(F)(F)F)C(F)(F)F)c1ccc(C(=O)O)c(C(=O)O)c1)(c1c(F)c(F)c(C(=O)O)c(C(=O)O)c1F)c1c(F)c(F)c(C(=O)O)c(C(=O)O)c1F. The zero-order valence-electron chi connectivity index (χ0n) is 25.4. The smallest absolute Gasteiger partial charge is 0.421 e. The third-order valence-corrected chi connectivity index (χ3v) is 7.58. The van der Waals surface area contributed by atoms with Crippen molar-refractivity contribution >= 4 is 41.4 Å². The standard InChI is InChI=1S/C30H12F12O12/c1-28(13-15(31)8(24(47)48)10(26(51)52)17(33)19(13)35,14-16(32)9(25(49)50)11(27(53)54)18(34)20(14)36)12(21(29(37,38)39)30(40,41)42)5-2-3-6(22(43)44)7(4-5)23(45)46/h2-4H,1H3,(H,43,44)(H,45,46)(H,47,48)(H,49,50)(H,51,52)(H,53,54). The first-order chi connectivity index (χ1) is 24.5. The fourth-order valence-electron chi connectivity index (χ4n) is 5.57. The number of carbonyl (C=O) groups is 6. The van der Waals surface area contributed by atoms with Crippen LogP contribution in [0.4, 0.5) is 52.7 Å². The molecule has 0 spiro atoms. The first-order valence-electron chi connectivity index (χ1n) is 13.3. The highest BCUT2D eigenvalue weighted by atomic mass is 19.4. The lowest BCUT2D eigenvalue weighted by molar-refractivity contribution is -0.171. The van der Waals surface area contributed by atoms with Gasteiger partial charge < -0.3 is 30.6 Å². The molecule has 3 aromatic rings. The van der Waals surface area contributed by atoms with E-state index in [1.54, 1.807) is 0 Å². The number of halogens is 12. The van der Waals surface area contributed by atoms with Crippen LogP contribution in [0.5, 0.6) is 0 Å². The number of hydrogen-bond donors (Lipinski definition) is 6. The maximum atomic E-state index is 16.3. The minimum Gasteiger partial charge on any atom is -0.478 e. The number of benzene rings is 3. The highest BCUT2D eigenvalue weighted by Gasteiger charge is 2.59. The summed E-state index contributed by atoms with van der Waals surface area (Å²) in [6.07, 6.45) is -14.2. The highest BCUT2D eigenvalue weighted by Crippen LogP contribution is 2.56. The summed E-state index contributed by atoms with van der Waals surface area (Å²) in [5.41, 5.74) is -34.6. The fraction of sp³-hybridized carbons (Fsp3) is 0.133. The fourth-order valence-corrected chi connectivity index (χ4v) is 5.57. The predicted octanol–water partition coefficient (Wildman–Crippen LogP) is 6.59. The molecule has 0 amide bonds. The van der Waals surface area contributed by atoms with E-state index in [4.69, 9.17) is 0 Å². The van der Waals surface area contributed by atoms with Crippen LogP contribution in [0.2, 0.25) is 0 Å². The van der Waals surface area contributed by atoms with Gasteiger partial charge in [0.2, 0.25) is 0 Å². The van der Waals surface area contributed by atoms with Gasteiger partial charge >= 0.3 is 48.2 Å². The molecule has 3 rings (SSSR count). The predicted molar refractivity (Wildman–Crippen MR) is 146 cm³/mol. The Balaban J connectivity index is 3.13. The molecule has 0 bridgehead atoms. The largest absolute Gasteiger partial charge is 0.478 e. The highest BCUT2D eigenvalue weighted by molar-refractivity contribution is 6.05. The molecule has 0 aliphatic rings. The zero-order valence-corrected chi connectivity index (χ0v) is 25.4. The molecule has 288 valence electrons. The second-order valence-electron chi connectivity index (χ2n) is 10.6. The van der Waals surface area contributed by atoms with E-state index in [0.717, 1.165) is 0 Å². The molecular weight excluding hydrogens is 780 g/mol. The van der Waals surface area contributed by atoms with Crippen molar-refractivity contribution in [1.29, 1.82) is 0 Å². The first-order valence-corrected chi connectivity index (χ1v) is 13.3. The van der Waals surface area contributed by atoms with Crippen LogP contribution >= 0.6 is 0 Å². The lowest BCUT2D eigenvalue weighted by Gasteiger charge is -2.38. The minimum atomic E-state index is -7.08. The maximum Gasteiger partial charge on any atom is 0.421 e. The second kappa shape index (κ2) is 13.7. The van der Waals surface area contributed by atoms with Crippen LogP contribution < -0.4 is 0 Å². The molecule has 6 N–H and O–H groups in total. The monoisotopic (exact) mass is 792 g/mol. The second-order valence-corrected chi connectivity index (χ2v) is 10.6. The van der Waals surface area contributed by atoms with Gasteiger partial charge in [-0.15, -0.1) is 0 Å². The number of alkyl halides is 6. The van der Waals surface area contributed by atoms with Gasteiger partial charge in [-0.2, -0.15) is 26.3 Å². The van der Waals surface area contributed by atoms with Crippen molar-refractivity contribution in [2.75, 3.05) is 0 Å². The molecule has 0 saturated carbocycles. The minimum absolute atomic E-state index is 0.0983. The summed E-state index contributed by atoms with van der Waals surface area (Å²) in [7, 11) is 0.